The summed E-state index contributed by atoms with van der Waals surface area (Å²) in [4.78, 5) is 25.0. The van der Waals surface area contributed by atoms with Crippen molar-refractivity contribution < 1.29 is 19.6 Å². The van der Waals surface area contributed by atoms with Crippen LogP contribution in [0.2, 0.25) is 0 Å². The molecule has 1 aromatic heterocycles. The summed E-state index contributed by atoms with van der Waals surface area (Å²) in [5, 5.41) is 19.7. The number of carboxylic acid groups (broad SMARTS) is 1. The number of hydrogen-bond acceptors (Lipinski definition) is 5. The summed E-state index contributed by atoms with van der Waals surface area (Å²) in [6, 6.07) is 5.36. The number of ether oxygens (including phenoxy) is 1. The Hall–Kier alpha value is -2.23. The lowest BCUT2D eigenvalue weighted by atomic mass is 10.2. The molecule has 0 bridgehead atoms. The van der Waals surface area contributed by atoms with E-state index in [0.29, 0.717) is 9.32 Å². The quantitative estimate of drug-likeness (QED) is 0.492. The van der Waals surface area contributed by atoms with Crippen molar-refractivity contribution in [1.29, 1.82) is 0 Å². The lowest BCUT2D eigenvalue weighted by molar-refractivity contribution is -0.385. The molecule has 0 atom stereocenters. The van der Waals surface area contributed by atoms with Gasteiger partial charge >= 0.3 is 5.97 Å². The van der Waals surface area contributed by atoms with Crippen LogP contribution in [0.15, 0.2) is 36.7 Å². The van der Waals surface area contributed by atoms with Crippen molar-refractivity contribution in [3.8, 4) is 11.5 Å². The Labute approximate surface area is 126 Å². The zero-order chi connectivity index (χ0) is 14.7. The lowest BCUT2D eigenvalue weighted by Crippen LogP contribution is -2.01. The van der Waals surface area contributed by atoms with Crippen LogP contribution in [0.4, 0.5) is 5.69 Å². The normalized spacial score (nSPS) is 10.1. The van der Waals surface area contributed by atoms with Gasteiger partial charge in [0.1, 0.15) is 11.3 Å². The topological polar surface area (TPSA) is 103 Å². The molecule has 0 fully saturated rings. The van der Waals surface area contributed by atoms with E-state index in [1.807, 2.05) is 22.6 Å². The zero-order valence-electron chi connectivity index (χ0n) is 9.82. The average Bonchev–Trinajstić information content (AvgIpc) is 2.41. The third kappa shape index (κ3) is 3.02. The number of carboxylic acids is 1. The van der Waals surface area contributed by atoms with E-state index in [-0.39, 0.29) is 17.0 Å². The van der Waals surface area contributed by atoms with Gasteiger partial charge in [-0.2, -0.15) is 0 Å². The summed E-state index contributed by atoms with van der Waals surface area (Å²) >= 11 is 1.88. The number of aromatic carboxylic acids is 1. The van der Waals surface area contributed by atoms with E-state index in [0.717, 1.165) is 0 Å². The van der Waals surface area contributed by atoms with E-state index in [2.05, 4.69) is 4.98 Å². The maximum Gasteiger partial charge on any atom is 0.339 e. The largest absolute Gasteiger partial charge is 0.478 e. The number of nitrogens with zero attached hydrogens (tertiary/aromatic N) is 2. The fourth-order valence-corrected chi connectivity index (χ4v) is 2.05. The highest BCUT2D eigenvalue weighted by atomic mass is 127. The summed E-state index contributed by atoms with van der Waals surface area (Å²) in [6.07, 6.45) is 2.62. The van der Waals surface area contributed by atoms with Crippen molar-refractivity contribution in [1.82, 2.24) is 4.98 Å². The van der Waals surface area contributed by atoms with Crippen molar-refractivity contribution >= 4 is 34.2 Å². The Morgan fingerprint density at radius 3 is 2.70 bits per heavy atom. The summed E-state index contributed by atoms with van der Waals surface area (Å²) in [6.45, 7) is 0. The Bertz CT molecular complexity index is 689. The van der Waals surface area contributed by atoms with Crippen molar-refractivity contribution in [2.45, 2.75) is 0 Å². The molecule has 1 N–H and O–H groups in total. The van der Waals surface area contributed by atoms with Gasteiger partial charge in [0.25, 0.3) is 5.69 Å². The molecule has 0 radical (unpaired) electrons. The molecule has 102 valence electrons. The van der Waals surface area contributed by atoms with Crippen LogP contribution >= 0.6 is 22.6 Å². The first kappa shape index (κ1) is 14.2. The highest BCUT2D eigenvalue weighted by Gasteiger charge is 2.15. The van der Waals surface area contributed by atoms with Gasteiger partial charge in [0, 0.05) is 18.3 Å². The molecule has 8 heteroatoms. The number of pyridine rings is 1. The molecule has 0 aliphatic rings. The summed E-state index contributed by atoms with van der Waals surface area (Å²) in [5.41, 5.74) is -0.0967. The third-order valence-corrected chi connectivity index (χ3v) is 3.20. The predicted molar refractivity (Wildman–Crippen MR) is 77.1 cm³/mol. The molecule has 0 amide bonds. The minimum atomic E-state index is -1.14. The maximum absolute atomic E-state index is 11.0. The van der Waals surface area contributed by atoms with E-state index in [9.17, 15) is 14.9 Å². The van der Waals surface area contributed by atoms with E-state index in [4.69, 9.17) is 9.84 Å². The van der Waals surface area contributed by atoms with Gasteiger partial charge in [0.05, 0.1) is 14.7 Å². The second-order valence-corrected chi connectivity index (χ2v) is 4.81. The van der Waals surface area contributed by atoms with Gasteiger partial charge in [0.15, 0.2) is 5.75 Å². The molecule has 20 heavy (non-hydrogen) atoms. The van der Waals surface area contributed by atoms with E-state index in [1.165, 1.54) is 36.7 Å². The van der Waals surface area contributed by atoms with Crippen molar-refractivity contribution in [2.24, 2.45) is 0 Å². The highest BCUT2D eigenvalue weighted by molar-refractivity contribution is 14.1. The molecular weight excluding hydrogens is 379 g/mol. The van der Waals surface area contributed by atoms with Gasteiger partial charge in [0.2, 0.25) is 0 Å². The van der Waals surface area contributed by atoms with E-state index >= 15 is 0 Å². The SMILES string of the molecule is O=C(O)c1ccncc1Oc1ccc([N+](=O)[O-])cc1I. The second kappa shape index (κ2) is 5.82. The molecule has 1 heterocycles. The number of benzene rings is 1. The first-order valence-corrected chi connectivity index (χ1v) is 6.36. The minimum absolute atomic E-state index is 0.0332. The Morgan fingerprint density at radius 2 is 2.10 bits per heavy atom. The van der Waals surface area contributed by atoms with Crippen LogP contribution in [-0.4, -0.2) is 21.0 Å². The fraction of sp³-hybridized carbons (Fsp3) is 0. The van der Waals surface area contributed by atoms with Gasteiger partial charge in [-0.05, 0) is 34.7 Å². The van der Waals surface area contributed by atoms with Crippen LogP contribution < -0.4 is 4.74 Å². The van der Waals surface area contributed by atoms with Crippen LogP contribution in [0.3, 0.4) is 0 Å². The Balaban J connectivity index is 2.36. The number of non-ortho nitro benzene ring substituents is 1. The minimum Gasteiger partial charge on any atom is -0.478 e. The molecule has 0 aliphatic carbocycles. The average molecular weight is 386 g/mol. The zero-order valence-corrected chi connectivity index (χ0v) is 12.0. The number of aromatic nitrogens is 1. The molecule has 7 nitrogen and oxygen atoms in total. The molecule has 0 unspecified atom stereocenters. The van der Waals surface area contributed by atoms with Crippen molar-refractivity contribution in [2.75, 3.05) is 0 Å². The van der Waals surface area contributed by atoms with Crippen molar-refractivity contribution in [3.63, 3.8) is 0 Å². The summed E-state index contributed by atoms with van der Waals surface area (Å²) < 4.78 is 5.96. The van der Waals surface area contributed by atoms with Gasteiger partial charge in [-0.15, -0.1) is 0 Å². The lowest BCUT2D eigenvalue weighted by Gasteiger charge is -2.09. The van der Waals surface area contributed by atoms with Gasteiger partial charge in [-0.1, -0.05) is 0 Å². The first-order valence-electron chi connectivity index (χ1n) is 5.28. The molecule has 1 aromatic carbocycles. The third-order valence-electron chi connectivity index (χ3n) is 2.36. The molecule has 2 rings (SSSR count). The summed E-state index contributed by atoms with van der Waals surface area (Å²) in [5.74, 6) is -0.738. The van der Waals surface area contributed by atoms with Gasteiger partial charge < -0.3 is 9.84 Å². The monoisotopic (exact) mass is 386 g/mol. The van der Waals surface area contributed by atoms with Crippen LogP contribution in [0.25, 0.3) is 0 Å². The van der Waals surface area contributed by atoms with E-state index < -0.39 is 10.9 Å². The van der Waals surface area contributed by atoms with Crippen LogP contribution in [0.1, 0.15) is 10.4 Å². The molecule has 2 aromatic rings. The van der Waals surface area contributed by atoms with E-state index in [1.54, 1.807) is 0 Å². The number of nitro groups is 1. The van der Waals surface area contributed by atoms with Crippen LogP contribution in [-0.2, 0) is 0 Å². The van der Waals surface area contributed by atoms with Gasteiger partial charge in [-0.3, -0.25) is 15.1 Å². The van der Waals surface area contributed by atoms with Gasteiger partial charge in [-0.25, -0.2) is 4.79 Å². The summed E-state index contributed by atoms with van der Waals surface area (Å²) in [7, 11) is 0. The number of hydrogen-bond donors (Lipinski definition) is 1. The molecule has 0 saturated carbocycles. The number of halogens is 1. The number of rotatable bonds is 4. The Morgan fingerprint density at radius 1 is 1.35 bits per heavy atom. The number of carbonyl (C=O) groups is 1. The predicted octanol–water partition coefficient (Wildman–Crippen LogP) is 3.08. The number of nitro benzene ring substituents is 1. The second-order valence-electron chi connectivity index (χ2n) is 3.65. The first-order chi connectivity index (χ1) is 9.49. The molecular formula is C12H7IN2O5. The van der Waals surface area contributed by atoms with Crippen LogP contribution in [0.5, 0.6) is 11.5 Å². The maximum atomic E-state index is 11.0. The standard InChI is InChI=1S/C12H7IN2O5/c13-9-5-7(15(18)19)1-2-10(9)20-11-6-14-4-3-8(11)12(16)17/h1-6H,(H,16,17). The Kier molecular flexibility index (Phi) is 4.13. The molecule has 0 aliphatic heterocycles. The smallest absolute Gasteiger partial charge is 0.339 e. The highest BCUT2D eigenvalue weighted by Crippen LogP contribution is 2.31. The molecule has 0 spiro atoms. The molecule has 0 saturated heterocycles. The van der Waals surface area contributed by atoms with Crippen molar-refractivity contribution in [3.05, 3.63) is 55.9 Å². The fourth-order valence-electron chi connectivity index (χ4n) is 1.44. The van der Waals surface area contributed by atoms with Crippen LogP contribution in [0, 0.1) is 13.7 Å².